The molecule has 0 unspecified atom stereocenters. The molecule has 132 valence electrons. The van der Waals surface area contributed by atoms with Crippen LogP contribution in [0.4, 0.5) is 0 Å². The van der Waals surface area contributed by atoms with E-state index < -0.39 is 0 Å². The molecule has 4 rings (SSSR count). The molecule has 4 aromatic rings. The SMILES string of the molecule is Cc1[nH]c2c(CN(C)Cc3cc(-c4cccnc4)no3)cccc2c1C. The van der Waals surface area contributed by atoms with Gasteiger partial charge in [0.2, 0.25) is 0 Å². The van der Waals surface area contributed by atoms with E-state index in [9.17, 15) is 0 Å². The Labute approximate surface area is 152 Å². The molecular formula is C21H22N4O. The average molecular weight is 346 g/mol. The Bertz CT molecular complexity index is 1030. The number of hydrogen-bond acceptors (Lipinski definition) is 4. The molecule has 0 saturated carbocycles. The maximum atomic E-state index is 5.51. The van der Waals surface area contributed by atoms with Gasteiger partial charge >= 0.3 is 0 Å². The zero-order valence-corrected chi connectivity index (χ0v) is 15.3. The van der Waals surface area contributed by atoms with E-state index in [1.165, 1.54) is 27.7 Å². The quantitative estimate of drug-likeness (QED) is 0.579. The first kappa shape index (κ1) is 16.5. The Kier molecular flexibility index (Phi) is 4.31. The van der Waals surface area contributed by atoms with Crippen molar-refractivity contribution in [2.75, 3.05) is 7.05 Å². The highest BCUT2D eigenvalue weighted by atomic mass is 16.5. The van der Waals surface area contributed by atoms with Crippen LogP contribution in [0.15, 0.2) is 53.3 Å². The molecule has 0 fully saturated rings. The number of nitrogens with zero attached hydrogens (tertiary/aromatic N) is 3. The van der Waals surface area contributed by atoms with Gasteiger partial charge in [0.15, 0.2) is 5.76 Å². The maximum Gasteiger partial charge on any atom is 0.151 e. The van der Waals surface area contributed by atoms with Gasteiger partial charge in [-0.2, -0.15) is 0 Å². The molecule has 3 aromatic heterocycles. The lowest BCUT2D eigenvalue weighted by molar-refractivity contribution is 0.267. The zero-order chi connectivity index (χ0) is 18.1. The lowest BCUT2D eigenvalue weighted by Gasteiger charge is -2.15. The van der Waals surface area contributed by atoms with E-state index in [1.807, 2.05) is 18.2 Å². The Balaban J connectivity index is 1.51. The Morgan fingerprint density at radius 3 is 2.81 bits per heavy atom. The van der Waals surface area contributed by atoms with Crippen molar-refractivity contribution in [1.82, 2.24) is 20.0 Å². The number of rotatable bonds is 5. The van der Waals surface area contributed by atoms with Gasteiger partial charge in [0.1, 0.15) is 5.69 Å². The summed E-state index contributed by atoms with van der Waals surface area (Å²) in [6.45, 7) is 5.81. The number of hydrogen-bond donors (Lipinski definition) is 1. The summed E-state index contributed by atoms with van der Waals surface area (Å²) in [5, 5.41) is 5.46. The van der Waals surface area contributed by atoms with E-state index in [0.717, 1.165) is 23.6 Å². The summed E-state index contributed by atoms with van der Waals surface area (Å²) in [5.74, 6) is 0.845. The predicted molar refractivity (Wildman–Crippen MR) is 103 cm³/mol. The standard InChI is InChI=1S/C21H22N4O/c1-14-15(2)23-21-17(6-4-8-19(14)21)12-25(3)13-18-10-20(24-26-18)16-7-5-9-22-11-16/h4-11,23H,12-13H2,1-3H3. The summed E-state index contributed by atoms with van der Waals surface area (Å²) in [4.78, 5) is 9.88. The fraction of sp³-hybridized carbons (Fsp3) is 0.238. The minimum absolute atomic E-state index is 0.697. The van der Waals surface area contributed by atoms with Crippen molar-refractivity contribution in [3.63, 3.8) is 0 Å². The lowest BCUT2D eigenvalue weighted by atomic mass is 10.1. The molecule has 0 spiro atoms. The van der Waals surface area contributed by atoms with Gasteiger partial charge in [-0.15, -0.1) is 0 Å². The van der Waals surface area contributed by atoms with Gasteiger partial charge in [0, 0.05) is 41.6 Å². The Hall–Kier alpha value is -2.92. The molecule has 0 aliphatic carbocycles. The summed E-state index contributed by atoms with van der Waals surface area (Å²) in [6, 6.07) is 12.3. The first-order chi connectivity index (χ1) is 12.6. The highest BCUT2D eigenvalue weighted by Gasteiger charge is 2.12. The number of benzene rings is 1. The smallest absolute Gasteiger partial charge is 0.151 e. The number of nitrogens with one attached hydrogen (secondary N) is 1. The molecule has 0 atom stereocenters. The van der Waals surface area contributed by atoms with Crippen molar-refractivity contribution >= 4 is 10.9 Å². The lowest BCUT2D eigenvalue weighted by Crippen LogP contribution is -2.17. The Morgan fingerprint density at radius 2 is 2.00 bits per heavy atom. The summed E-state index contributed by atoms with van der Waals surface area (Å²) >= 11 is 0. The molecular weight excluding hydrogens is 324 g/mol. The third-order valence-electron chi connectivity index (χ3n) is 4.81. The average Bonchev–Trinajstić information content (AvgIpc) is 3.22. The van der Waals surface area contributed by atoms with Crippen molar-refractivity contribution < 1.29 is 4.52 Å². The second-order valence-electron chi connectivity index (χ2n) is 6.81. The molecule has 0 aliphatic heterocycles. The van der Waals surface area contributed by atoms with Crippen molar-refractivity contribution in [1.29, 1.82) is 0 Å². The zero-order valence-electron chi connectivity index (χ0n) is 15.3. The van der Waals surface area contributed by atoms with Crippen molar-refractivity contribution in [2.24, 2.45) is 0 Å². The molecule has 0 saturated heterocycles. The first-order valence-electron chi connectivity index (χ1n) is 8.73. The molecule has 1 N–H and O–H groups in total. The van der Waals surface area contributed by atoms with Crippen LogP contribution in [0.5, 0.6) is 0 Å². The monoisotopic (exact) mass is 346 g/mol. The van der Waals surface area contributed by atoms with E-state index in [-0.39, 0.29) is 0 Å². The Morgan fingerprint density at radius 1 is 1.12 bits per heavy atom. The number of H-pyrrole nitrogens is 1. The number of para-hydroxylation sites is 1. The molecule has 0 bridgehead atoms. The second kappa shape index (κ2) is 6.77. The van der Waals surface area contributed by atoms with E-state index in [1.54, 1.807) is 12.4 Å². The van der Waals surface area contributed by atoms with E-state index in [2.05, 4.69) is 59.1 Å². The second-order valence-corrected chi connectivity index (χ2v) is 6.81. The molecule has 0 aliphatic rings. The van der Waals surface area contributed by atoms with Crippen molar-refractivity contribution in [3.05, 3.63) is 71.4 Å². The van der Waals surface area contributed by atoms with Crippen LogP contribution in [0.3, 0.4) is 0 Å². The molecule has 3 heterocycles. The largest absolute Gasteiger partial charge is 0.359 e. The molecule has 26 heavy (non-hydrogen) atoms. The van der Waals surface area contributed by atoms with Gasteiger partial charge in [-0.1, -0.05) is 23.4 Å². The third-order valence-corrected chi connectivity index (χ3v) is 4.81. The molecule has 0 radical (unpaired) electrons. The number of pyridine rings is 1. The predicted octanol–water partition coefficient (Wildman–Crippen LogP) is 4.47. The number of aromatic amines is 1. The van der Waals surface area contributed by atoms with E-state index in [4.69, 9.17) is 4.52 Å². The van der Waals surface area contributed by atoms with Gasteiger partial charge in [-0.05, 0) is 44.2 Å². The van der Waals surface area contributed by atoms with E-state index in [0.29, 0.717) is 6.54 Å². The fourth-order valence-electron chi connectivity index (χ4n) is 3.33. The summed E-state index contributed by atoms with van der Waals surface area (Å²) in [7, 11) is 2.09. The van der Waals surface area contributed by atoms with Crippen LogP contribution in [0, 0.1) is 13.8 Å². The van der Waals surface area contributed by atoms with Crippen LogP contribution in [-0.4, -0.2) is 27.1 Å². The van der Waals surface area contributed by atoms with Gasteiger partial charge in [0.25, 0.3) is 0 Å². The van der Waals surface area contributed by atoms with Crippen molar-refractivity contribution in [3.8, 4) is 11.3 Å². The minimum atomic E-state index is 0.697. The fourth-order valence-corrected chi connectivity index (χ4v) is 3.33. The molecule has 5 heteroatoms. The van der Waals surface area contributed by atoms with E-state index >= 15 is 0 Å². The minimum Gasteiger partial charge on any atom is -0.359 e. The highest BCUT2D eigenvalue weighted by Crippen LogP contribution is 2.25. The van der Waals surface area contributed by atoms with Crippen LogP contribution in [0.2, 0.25) is 0 Å². The van der Waals surface area contributed by atoms with Crippen LogP contribution in [0.25, 0.3) is 22.2 Å². The van der Waals surface area contributed by atoms with Gasteiger partial charge < -0.3 is 9.51 Å². The topological polar surface area (TPSA) is 58.0 Å². The maximum absolute atomic E-state index is 5.51. The number of aryl methyl sites for hydroxylation is 2. The van der Waals surface area contributed by atoms with Crippen LogP contribution >= 0.6 is 0 Å². The summed E-state index contributed by atoms with van der Waals surface area (Å²) < 4.78 is 5.51. The molecule has 0 amide bonds. The van der Waals surface area contributed by atoms with Crippen LogP contribution in [-0.2, 0) is 13.1 Å². The van der Waals surface area contributed by atoms with Gasteiger partial charge in [-0.3, -0.25) is 9.88 Å². The highest BCUT2D eigenvalue weighted by molar-refractivity contribution is 5.87. The number of fused-ring (bicyclic) bond motifs is 1. The van der Waals surface area contributed by atoms with Gasteiger partial charge in [0.05, 0.1) is 12.1 Å². The number of aromatic nitrogens is 3. The van der Waals surface area contributed by atoms with Gasteiger partial charge in [-0.25, -0.2) is 0 Å². The van der Waals surface area contributed by atoms with Crippen LogP contribution in [0.1, 0.15) is 22.6 Å². The molecule has 5 nitrogen and oxygen atoms in total. The molecule has 1 aromatic carbocycles. The third kappa shape index (κ3) is 3.13. The van der Waals surface area contributed by atoms with Crippen LogP contribution < -0.4 is 0 Å². The first-order valence-corrected chi connectivity index (χ1v) is 8.73. The summed E-state index contributed by atoms with van der Waals surface area (Å²) in [6.07, 6.45) is 3.55. The van der Waals surface area contributed by atoms with Crippen molar-refractivity contribution in [2.45, 2.75) is 26.9 Å². The summed E-state index contributed by atoms with van der Waals surface area (Å²) in [5.41, 5.74) is 6.84. The normalized spacial score (nSPS) is 11.5.